The van der Waals surface area contributed by atoms with Crippen LogP contribution in [0.2, 0.25) is 0 Å². The Morgan fingerprint density at radius 2 is 1.70 bits per heavy atom. The van der Waals surface area contributed by atoms with Crippen molar-refractivity contribution in [3.63, 3.8) is 0 Å². The Balaban J connectivity index is 1.91. The van der Waals surface area contributed by atoms with Crippen LogP contribution in [0.4, 0.5) is 5.69 Å². The van der Waals surface area contributed by atoms with Gasteiger partial charge in [0.2, 0.25) is 10.0 Å². The molecule has 2 fully saturated rings. The molecular formula is C20H31N3O3S. The fourth-order valence-electron chi connectivity index (χ4n) is 3.82. The number of nitrogens with zero attached hydrogens (tertiary/aromatic N) is 2. The number of hydrogen-bond acceptors (Lipinski definition) is 4. The molecule has 0 saturated carbocycles. The number of sulfonamides is 1. The molecule has 0 radical (unpaired) electrons. The van der Waals surface area contributed by atoms with Crippen LogP contribution in [0.25, 0.3) is 0 Å². The van der Waals surface area contributed by atoms with E-state index < -0.39 is 10.0 Å². The van der Waals surface area contributed by atoms with Crippen molar-refractivity contribution in [2.24, 2.45) is 0 Å². The Hall–Kier alpha value is -1.60. The van der Waals surface area contributed by atoms with E-state index in [0.29, 0.717) is 25.2 Å². The smallest absolute Gasteiger partial charge is 0.253 e. The number of hydrogen-bond donors (Lipinski definition) is 1. The summed E-state index contributed by atoms with van der Waals surface area (Å²) in [5.74, 6) is -0.180. The number of amides is 1. The fraction of sp³-hybridized carbons (Fsp3) is 0.650. The molecule has 1 N–H and O–H groups in total. The lowest BCUT2D eigenvalue weighted by Gasteiger charge is -2.27. The Morgan fingerprint density at radius 1 is 1.04 bits per heavy atom. The quantitative estimate of drug-likeness (QED) is 0.723. The number of piperidine rings is 1. The molecule has 0 unspecified atom stereocenters. The molecule has 1 aromatic rings. The minimum Gasteiger partial charge on any atom is -0.371 e. The Labute approximate surface area is 163 Å². The van der Waals surface area contributed by atoms with E-state index in [2.05, 4.69) is 17.1 Å². The monoisotopic (exact) mass is 393 g/mol. The molecule has 2 saturated heterocycles. The van der Waals surface area contributed by atoms with Gasteiger partial charge in [-0.05, 0) is 50.3 Å². The molecular weight excluding hydrogens is 362 g/mol. The van der Waals surface area contributed by atoms with Crippen LogP contribution in [0.15, 0.2) is 23.1 Å². The van der Waals surface area contributed by atoms with Crippen molar-refractivity contribution in [2.45, 2.75) is 56.8 Å². The Morgan fingerprint density at radius 3 is 2.37 bits per heavy atom. The van der Waals surface area contributed by atoms with E-state index in [9.17, 15) is 13.2 Å². The predicted octanol–water partition coefficient (Wildman–Crippen LogP) is 2.99. The predicted molar refractivity (Wildman–Crippen MR) is 108 cm³/mol. The fourth-order valence-corrected chi connectivity index (χ4v) is 5.36. The zero-order chi connectivity index (χ0) is 19.3. The van der Waals surface area contributed by atoms with Gasteiger partial charge in [-0.25, -0.2) is 8.42 Å². The lowest BCUT2D eigenvalue weighted by molar-refractivity contribution is 0.0953. The van der Waals surface area contributed by atoms with E-state index in [-0.39, 0.29) is 10.8 Å². The average Bonchev–Trinajstić information content (AvgIpc) is 3.23. The van der Waals surface area contributed by atoms with Crippen LogP contribution in [0.5, 0.6) is 0 Å². The van der Waals surface area contributed by atoms with E-state index in [1.165, 1.54) is 0 Å². The highest BCUT2D eigenvalue weighted by Crippen LogP contribution is 2.29. The summed E-state index contributed by atoms with van der Waals surface area (Å²) in [7, 11) is -3.55. The second kappa shape index (κ2) is 9.06. The standard InChI is InChI=1S/C20H31N3O3S/c1-2-3-11-21-20(24)18-16-17(9-10-19(18)22-12-7-8-13-22)27(25,26)23-14-5-4-6-15-23/h9-10,16H,2-8,11-15H2,1H3,(H,21,24). The summed E-state index contributed by atoms with van der Waals surface area (Å²) < 4.78 is 27.6. The summed E-state index contributed by atoms with van der Waals surface area (Å²) in [6.07, 6.45) is 6.99. The lowest BCUT2D eigenvalue weighted by Crippen LogP contribution is -2.36. The summed E-state index contributed by atoms with van der Waals surface area (Å²) in [4.78, 5) is 15.2. The highest BCUT2D eigenvalue weighted by molar-refractivity contribution is 7.89. The average molecular weight is 394 g/mol. The molecule has 2 aliphatic heterocycles. The molecule has 0 atom stereocenters. The van der Waals surface area contributed by atoms with Gasteiger partial charge in [-0.1, -0.05) is 19.8 Å². The number of anilines is 1. The molecule has 0 spiro atoms. The van der Waals surface area contributed by atoms with Gasteiger partial charge in [0.1, 0.15) is 0 Å². The van der Waals surface area contributed by atoms with Crippen LogP contribution in [0, 0.1) is 0 Å². The van der Waals surface area contributed by atoms with Crippen molar-refractivity contribution in [2.75, 3.05) is 37.6 Å². The van der Waals surface area contributed by atoms with Crippen LogP contribution < -0.4 is 10.2 Å². The largest absolute Gasteiger partial charge is 0.371 e. The summed E-state index contributed by atoms with van der Waals surface area (Å²) in [5, 5.41) is 2.95. The molecule has 150 valence electrons. The first-order chi connectivity index (χ1) is 13.0. The molecule has 3 rings (SSSR count). The van der Waals surface area contributed by atoms with E-state index in [4.69, 9.17) is 0 Å². The minimum absolute atomic E-state index is 0.180. The van der Waals surface area contributed by atoms with Crippen molar-refractivity contribution in [1.82, 2.24) is 9.62 Å². The first-order valence-electron chi connectivity index (χ1n) is 10.2. The summed E-state index contributed by atoms with van der Waals surface area (Å²) in [5.41, 5.74) is 1.32. The van der Waals surface area contributed by atoms with E-state index in [1.807, 2.05) is 6.07 Å². The Kier molecular flexibility index (Phi) is 6.76. The summed E-state index contributed by atoms with van der Waals surface area (Å²) >= 11 is 0. The highest BCUT2D eigenvalue weighted by atomic mass is 32.2. The number of benzene rings is 1. The first-order valence-corrected chi connectivity index (χ1v) is 11.7. The molecule has 2 aliphatic rings. The third kappa shape index (κ3) is 4.63. The van der Waals surface area contributed by atoms with Gasteiger partial charge in [0.15, 0.2) is 0 Å². The van der Waals surface area contributed by atoms with Crippen LogP contribution in [-0.2, 0) is 10.0 Å². The van der Waals surface area contributed by atoms with E-state index >= 15 is 0 Å². The maximum atomic E-state index is 13.0. The summed E-state index contributed by atoms with van der Waals surface area (Å²) in [6, 6.07) is 5.07. The van der Waals surface area contributed by atoms with Crippen molar-refractivity contribution in [3.05, 3.63) is 23.8 Å². The number of carbonyl (C=O) groups is 1. The maximum absolute atomic E-state index is 13.0. The molecule has 27 heavy (non-hydrogen) atoms. The van der Waals surface area contributed by atoms with Gasteiger partial charge in [-0.15, -0.1) is 0 Å². The Bertz CT molecular complexity index is 752. The van der Waals surface area contributed by atoms with Crippen molar-refractivity contribution >= 4 is 21.6 Å². The maximum Gasteiger partial charge on any atom is 0.253 e. The van der Waals surface area contributed by atoms with E-state index in [0.717, 1.165) is 63.7 Å². The topological polar surface area (TPSA) is 69.7 Å². The van der Waals surface area contributed by atoms with Crippen molar-refractivity contribution in [3.8, 4) is 0 Å². The number of nitrogens with one attached hydrogen (secondary N) is 1. The third-order valence-corrected chi connectivity index (χ3v) is 7.32. The van der Waals surface area contributed by atoms with Crippen molar-refractivity contribution < 1.29 is 13.2 Å². The molecule has 1 amide bonds. The van der Waals surface area contributed by atoms with Gasteiger partial charge >= 0.3 is 0 Å². The molecule has 1 aromatic carbocycles. The summed E-state index contributed by atoms with van der Waals surface area (Å²) in [6.45, 7) is 5.63. The first kappa shape index (κ1) is 20.1. The van der Waals surface area contributed by atoms with E-state index in [1.54, 1.807) is 16.4 Å². The third-order valence-electron chi connectivity index (χ3n) is 5.43. The number of carbonyl (C=O) groups excluding carboxylic acids is 1. The van der Waals surface area contributed by atoms with Crippen LogP contribution >= 0.6 is 0 Å². The molecule has 0 aliphatic carbocycles. The van der Waals surface area contributed by atoms with Gasteiger partial charge in [0.05, 0.1) is 10.5 Å². The minimum atomic E-state index is -3.55. The number of rotatable bonds is 7. The van der Waals surface area contributed by atoms with Gasteiger partial charge in [0.25, 0.3) is 5.91 Å². The van der Waals surface area contributed by atoms with Crippen molar-refractivity contribution in [1.29, 1.82) is 0 Å². The van der Waals surface area contributed by atoms with Gasteiger partial charge in [-0.2, -0.15) is 4.31 Å². The second-order valence-corrected chi connectivity index (χ2v) is 9.39. The van der Waals surface area contributed by atoms with Crippen LogP contribution in [-0.4, -0.2) is 51.4 Å². The van der Waals surface area contributed by atoms with Crippen LogP contribution in [0.3, 0.4) is 0 Å². The zero-order valence-corrected chi connectivity index (χ0v) is 17.1. The molecule has 0 bridgehead atoms. The van der Waals surface area contributed by atoms with Crippen LogP contribution in [0.1, 0.15) is 62.2 Å². The van der Waals surface area contributed by atoms with Gasteiger partial charge < -0.3 is 10.2 Å². The van der Waals surface area contributed by atoms with Gasteiger partial charge in [-0.3, -0.25) is 4.79 Å². The molecule has 7 heteroatoms. The number of unbranched alkanes of at least 4 members (excludes halogenated alkanes) is 1. The molecule has 6 nitrogen and oxygen atoms in total. The lowest BCUT2D eigenvalue weighted by atomic mass is 10.1. The molecule has 0 aromatic heterocycles. The molecule has 2 heterocycles. The zero-order valence-electron chi connectivity index (χ0n) is 16.2. The normalized spacial score (nSPS) is 18.6. The highest BCUT2D eigenvalue weighted by Gasteiger charge is 2.28. The second-order valence-electron chi connectivity index (χ2n) is 7.45. The van der Waals surface area contributed by atoms with Gasteiger partial charge in [0, 0.05) is 38.4 Å². The SMILES string of the molecule is CCCCNC(=O)c1cc(S(=O)(=O)N2CCCCC2)ccc1N1CCCC1.